The lowest BCUT2D eigenvalue weighted by Gasteiger charge is -2.26. The molecule has 12 heteroatoms. The largest absolute Gasteiger partial charge is 0.497 e. The van der Waals surface area contributed by atoms with Crippen LogP contribution < -0.4 is 14.8 Å². The number of carbonyl (C=O) groups is 2. The third-order valence-electron chi connectivity index (χ3n) is 4.95. The second kappa shape index (κ2) is 13.0. The van der Waals surface area contributed by atoms with Crippen LogP contribution in [0.4, 0.5) is 0 Å². The van der Waals surface area contributed by atoms with Gasteiger partial charge >= 0.3 is 0 Å². The van der Waals surface area contributed by atoms with E-state index in [0.29, 0.717) is 45.9 Å². The number of ether oxygens (including phenoxy) is 3. The maximum Gasteiger partial charge on any atom is 0.266 e. The van der Waals surface area contributed by atoms with Crippen molar-refractivity contribution in [1.29, 1.82) is 0 Å². The van der Waals surface area contributed by atoms with E-state index in [-0.39, 0.29) is 5.91 Å². The zero-order valence-corrected chi connectivity index (χ0v) is 23.2. The minimum Gasteiger partial charge on any atom is -0.497 e. The van der Waals surface area contributed by atoms with E-state index in [1.165, 1.54) is 18.9 Å². The highest BCUT2D eigenvalue weighted by atomic mass is 35.6. The number of alkyl halides is 3. The van der Waals surface area contributed by atoms with Gasteiger partial charge in [-0.25, -0.2) is 0 Å². The molecule has 36 heavy (non-hydrogen) atoms. The molecule has 0 unspecified atom stereocenters. The molecule has 0 radical (unpaired) electrons. The van der Waals surface area contributed by atoms with Crippen molar-refractivity contribution < 1.29 is 23.8 Å². The van der Waals surface area contributed by atoms with Crippen LogP contribution in [-0.4, -0.2) is 58.4 Å². The molecule has 1 N–H and O–H groups in total. The summed E-state index contributed by atoms with van der Waals surface area (Å²) in [6, 6.07) is 13.2. The Balaban J connectivity index is 1.67. The Labute approximate surface area is 234 Å². The number of rotatable bonds is 10. The fraction of sp³-hybridized carbons (Fsp3) is 0.292. The summed E-state index contributed by atoms with van der Waals surface area (Å²) >= 11 is 24.8. The van der Waals surface area contributed by atoms with Gasteiger partial charge in [-0.05, 0) is 54.5 Å². The number of benzene rings is 2. The summed E-state index contributed by atoms with van der Waals surface area (Å²) in [6.07, 6.45) is 1.17. The molecule has 1 aliphatic rings. The van der Waals surface area contributed by atoms with Crippen LogP contribution in [-0.2, 0) is 9.53 Å². The van der Waals surface area contributed by atoms with E-state index in [9.17, 15) is 9.59 Å². The van der Waals surface area contributed by atoms with Crippen molar-refractivity contribution in [2.45, 2.75) is 16.4 Å². The molecule has 2 amide bonds. The quantitative estimate of drug-likeness (QED) is 0.130. The molecule has 0 bridgehead atoms. The van der Waals surface area contributed by atoms with Gasteiger partial charge in [-0.2, -0.15) is 0 Å². The van der Waals surface area contributed by atoms with Crippen molar-refractivity contribution in [2.75, 3.05) is 27.4 Å². The molecule has 1 aliphatic heterocycles. The lowest BCUT2D eigenvalue weighted by atomic mass is 10.2. The molecule has 1 fully saturated rings. The Morgan fingerprint density at radius 2 is 1.75 bits per heavy atom. The van der Waals surface area contributed by atoms with Gasteiger partial charge in [0.1, 0.15) is 15.8 Å². The molecule has 0 saturated carbocycles. The van der Waals surface area contributed by atoms with Gasteiger partial charge < -0.3 is 19.5 Å². The van der Waals surface area contributed by atoms with Crippen LogP contribution >= 0.6 is 58.8 Å². The molecule has 7 nitrogen and oxygen atoms in total. The molecule has 1 heterocycles. The summed E-state index contributed by atoms with van der Waals surface area (Å²) in [4.78, 5) is 27.4. The number of amides is 2. The number of nitrogens with one attached hydrogen (secondary N) is 1. The number of nitrogens with zero attached hydrogens (tertiary/aromatic N) is 1. The third kappa shape index (κ3) is 7.74. The van der Waals surface area contributed by atoms with Crippen LogP contribution in [0.1, 0.15) is 22.3 Å². The van der Waals surface area contributed by atoms with E-state index >= 15 is 0 Å². The molecule has 0 aliphatic carbocycles. The van der Waals surface area contributed by atoms with Crippen LogP contribution in [0.5, 0.6) is 11.5 Å². The van der Waals surface area contributed by atoms with Gasteiger partial charge in [0.15, 0.2) is 0 Å². The topological polar surface area (TPSA) is 77.1 Å². The fourth-order valence-corrected chi connectivity index (χ4v) is 4.72. The van der Waals surface area contributed by atoms with Gasteiger partial charge in [0, 0.05) is 25.8 Å². The Kier molecular flexibility index (Phi) is 10.3. The van der Waals surface area contributed by atoms with Gasteiger partial charge in [-0.3, -0.25) is 14.5 Å². The summed E-state index contributed by atoms with van der Waals surface area (Å²) < 4.78 is 14.5. The lowest BCUT2D eigenvalue weighted by Crippen LogP contribution is -2.47. The maximum absolute atomic E-state index is 12.7. The average Bonchev–Trinajstić information content (AvgIpc) is 3.11. The number of halogens is 3. The van der Waals surface area contributed by atoms with Crippen LogP contribution in [0.15, 0.2) is 53.4 Å². The average molecular weight is 590 g/mol. The molecule has 3 rings (SSSR count). The Hall–Kier alpha value is -2.01. The zero-order chi connectivity index (χ0) is 26.3. The van der Waals surface area contributed by atoms with Crippen LogP contribution in [0.3, 0.4) is 0 Å². The second-order valence-electron chi connectivity index (χ2n) is 7.49. The Morgan fingerprint density at radius 1 is 1.11 bits per heavy atom. The fourth-order valence-electron chi connectivity index (χ4n) is 3.11. The highest BCUT2D eigenvalue weighted by Gasteiger charge is 2.36. The second-order valence-corrected chi connectivity index (χ2v) is 11.5. The van der Waals surface area contributed by atoms with Crippen molar-refractivity contribution in [3.05, 3.63) is 64.6 Å². The first-order valence-corrected chi connectivity index (χ1v) is 13.0. The minimum absolute atomic E-state index is 0.140. The molecule has 192 valence electrons. The molecule has 1 atom stereocenters. The van der Waals surface area contributed by atoms with E-state index in [4.69, 9.17) is 61.2 Å². The predicted octanol–water partition coefficient (Wildman–Crippen LogP) is 5.44. The van der Waals surface area contributed by atoms with Gasteiger partial charge in [-0.15, -0.1) is 0 Å². The first-order valence-electron chi connectivity index (χ1n) is 10.6. The lowest BCUT2D eigenvalue weighted by molar-refractivity contribution is -0.122. The van der Waals surface area contributed by atoms with E-state index in [1.807, 2.05) is 0 Å². The van der Waals surface area contributed by atoms with Gasteiger partial charge in [0.2, 0.25) is 10.0 Å². The van der Waals surface area contributed by atoms with Crippen molar-refractivity contribution in [3.63, 3.8) is 0 Å². The number of hydrogen-bond donors (Lipinski definition) is 1. The smallest absolute Gasteiger partial charge is 0.266 e. The van der Waals surface area contributed by atoms with Crippen LogP contribution in [0.2, 0.25) is 0 Å². The highest BCUT2D eigenvalue weighted by molar-refractivity contribution is 8.26. The van der Waals surface area contributed by atoms with Crippen molar-refractivity contribution >= 4 is 81.0 Å². The highest BCUT2D eigenvalue weighted by Crippen LogP contribution is 2.34. The van der Waals surface area contributed by atoms with Crippen LogP contribution in [0, 0.1) is 0 Å². The van der Waals surface area contributed by atoms with Crippen molar-refractivity contribution in [2.24, 2.45) is 0 Å². The van der Waals surface area contributed by atoms with Gasteiger partial charge in [0.05, 0.1) is 12.0 Å². The summed E-state index contributed by atoms with van der Waals surface area (Å²) in [6.45, 7) is 1.05. The van der Waals surface area contributed by atoms with Crippen molar-refractivity contribution in [1.82, 2.24) is 10.2 Å². The van der Waals surface area contributed by atoms with Gasteiger partial charge in [0.25, 0.3) is 11.8 Å². The minimum atomic E-state index is -1.95. The predicted molar refractivity (Wildman–Crippen MR) is 148 cm³/mol. The first-order chi connectivity index (χ1) is 17.1. The Bertz CT molecular complexity index is 1120. The number of thiocarbonyl (C=S) groups is 1. The molecule has 2 aromatic carbocycles. The normalized spacial score (nSPS) is 15.8. The number of hydrogen-bond acceptors (Lipinski definition) is 7. The van der Waals surface area contributed by atoms with E-state index < -0.39 is 15.9 Å². The zero-order valence-electron chi connectivity index (χ0n) is 19.3. The summed E-state index contributed by atoms with van der Waals surface area (Å²) in [5.74, 6) is 0.330. The van der Waals surface area contributed by atoms with Gasteiger partial charge in [-0.1, -0.05) is 70.9 Å². The third-order valence-corrected chi connectivity index (χ3v) is 6.92. The number of thioether (sulfide) groups is 1. The molecular formula is C24H23Cl3N2O5S2. The van der Waals surface area contributed by atoms with E-state index in [1.54, 1.807) is 66.6 Å². The summed E-state index contributed by atoms with van der Waals surface area (Å²) in [7, 11) is 3.14. The van der Waals surface area contributed by atoms with Crippen molar-refractivity contribution in [3.8, 4) is 11.5 Å². The monoisotopic (exact) mass is 588 g/mol. The number of carbonyl (C=O) groups excluding carboxylic acids is 2. The summed E-state index contributed by atoms with van der Waals surface area (Å²) in [5.41, 5.74) is 1.10. The van der Waals surface area contributed by atoms with E-state index in [2.05, 4.69) is 5.32 Å². The van der Waals surface area contributed by atoms with E-state index in [0.717, 1.165) is 5.56 Å². The molecule has 1 saturated heterocycles. The van der Waals surface area contributed by atoms with Crippen LogP contribution in [0.25, 0.3) is 6.08 Å². The molecule has 2 aromatic rings. The molecular weight excluding hydrogens is 567 g/mol. The molecule has 0 aromatic heterocycles. The number of methoxy groups -OCH3 is 2. The SMILES string of the molecule is COCCCN1C(=O)/C(=C/c2ccc(O[C@@H](NC(=O)c3ccc(OC)cc3)C(Cl)(Cl)Cl)cc2)SC1=S. The molecule has 0 spiro atoms. The Morgan fingerprint density at radius 3 is 2.33 bits per heavy atom. The summed E-state index contributed by atoms with van der Waals surface area (Å²) in [5, 5.41) is 2.58. The first kappa shape index (κ1) is 28.6. The standard InChI is InChI=1S/C24H23Cl3N2O5S2/c1-32-13-3-12-29-21(31)19(36-23(29)35)14-15-4-8-18(9-5-15)34-22(24(25,26)27)28-20(30)16-6-10-17(33-2)11-7-16/h4-11,14,22H,3,12-13H2,1-2H3,(H,28,30)/b19-14-/t22-/m1/s1. The maximum atomic E-state index is 12.7.